The number of nitrogens with one attached hydrogen (secondary N) is 2. The molecular weight excluding hydrogens is 340 g/mol. The van der Waals surface area contributed by atoms with Crippen molar-refractivity contribution in [3.8, 4) is 0 Å². The molecule has 0 radical (unpaired) electrons. The van der Waals surface area contributed by atoms with Crippen LogP contribution in [0.3, 0.4) is 0 Å². The number of hydrogen-bond donors (Lipinski definition) is 2. The van der Waals surface area contributed by atoms with E-state index in [1.807, 2.05) is 25.1 Å². The molecule has 1 aliphatic rings. The zero-order chi connectivity index (χ0) is 16.9. The fourth-order valence-corrected chi connectivity index (χ4v) is 4.22. The summed E-state index contributed by atoms with van der Waals surface area (Å²) in [5, 5.41) is 15.3. The highest BCUT2D eigenvalue weighted by Crippen LogP contribution is 2.32. The summed E-state index contributed by atoms with van der Waals surface area (Å²) in [6.07, 6.45) is 2.42. The lowest BCUT2D eigenvalue weighted by Gasteiger charge is -2.15. The summed E-state index contributed by atoms with van der Waals surface area (Å²) in [6, 6.07) is 10.8. The van der Waals surface area contributed by atoms with Crippen LogP contribution >= 0.6 is 23.1 Å². The van der Waals surface area contributed by atoms with Crippen LogP contribution in [-0.4, -0.2) is 33.9 Å². The highest BCUT2D eigenvalue weighted by molar-refractivity contribution is 8.02. The summed E-state index contributed by atoms with van der Waals surface area (Å²) in [7, 11) is 0. The third-order valence-electron chi connectivity index (χ3n) is 3.91. The van der Waals surface area contributed by atoms with Gasteiger partial charge in [-0.15, -0.1) is 10.2 Å². The van der Waals surface area contributed by atoms with Crippen LogP contribution in [-0.2, 0) is 4.79 Å². The van der Waals surface area contributed by atoms with Crippen molar-refractivity contribution in [2.75, 3.05) is 11.9 Å². The zero-order valence-corrected chi connectivity index (χ0v) is 15.5. The van der Waals surface area contributed by atoms with Crippen molar-refractivity contribution in [1.82, 2.24) is 15.5 Å². The van der Waals surface area contributed by atoms with Crippen molar-refractivity contribution in [2.24, 2.45) is 0 Å². The van der Waals surface area contributed by atoms with Crippen LogP contribution in [0.4, 0.5) is 5.13 Å². The van der Waals surface area contributed by atoms with E-state index in [2.05, 4.69) is 39.9 Å². The molecule has 2 N–H and O–H groups in total. The first-order valence-electron chi connectivity index (χ1n) is 8.21. The first-order valence-corrected chi connectivity index (χ1v) is 9.91. The van der Waals surface area contributed by atoms with Crippen LogP contribution in [0.1, 0.15) is 38.2 Å². The molecule has 2 atom stereocenters. The van der Waals surface area contributed by atoms with Crippen LogP contribution in [0, 0.1) is 0 Å². The molecule has 24 heavy (non-hydrogen) atoms. The van der Waals surface area contributed by atoms with Gasteiger partial charge in [-0.25, -0.2) is 0 Å². The first-order chi connectivity index (χ1) is 11.6. The zero-order valence-electron chi connectivity index (χ0n) is 13.9. The lowest BCUT2D eigenvalue weighted by atomic mass is 10.0. The maximum absolute atomic E-state index is 12.3. The summed E-state index contributed by atoms with van der Waals surface area (Å²) >= 11 is 2.98. The molecule has 1 aliphatic carbocycles. The Balaban J connectivity index is 1.45. The molecule has 1 amide bonds. The van der Waals surface area contributed by atoms with Gasteiger partial charge in [0.1, 0.15) is 0 Å². The average molecular weight is 363 g/mol. The van der Waals surface area contributed by atoms with E-state index >= 15 is 0 Å². The molecule has 1 aromatic carbocycles. The highest BCUT2D eigenvalue weighted by atomic mass is 32.2. The van der Waals surface area contributed by atoms with Crippen LogP contribution in [0.2, 0.25) is 0 Å². The molecule has 1 saturated carbocycles. The van der Waals surface area contributed by atoms with Crippen molar-refractivity contribution >= 4 is 34.1 Å². The van der Waals surface area contributed by atoms with E-state index in [1.165, 1.54) is 41.5 Å². The Morgan fingerprint density at radius 2 is 2.04 bits per heavy atom. The first kappa shape index (κ1) is 17.2. The van der Waals surface area contributed by atoms with Crippen molar-refractivity contribution < 1.29 is 4.79 Å². The molecule has 0 spiro atoms. The lowest BCUT2D eigenvalue weighted by Crippen LogP contribution is -2.33. The third-order valence-corrected chi connectivity index (χ3v) is 5.95. The Morgan fingerprint density at radius 1 is 1.29 bits per heavy atom. The molecule has 1 aromatic heterocycles. The van der Waals surface area contributed by atoms with Gasteiger partial charge in [0.2, 0.25) is 11.0 Å². The van der Waals surface area contributed by atoms with E-state index < -0.39 is 0 Å². The Hall–Kier alpha value is -1.60. The van der Waals surface area contributed by atoms with E-state index in [4.69, 9.17) is 0 Å². The maximum Gasteiger partial charge on any atom is 0.233 e. The summed E-state index contributed by atoms with van der Waals surface area (Å²) < 4.78 is 0.830. The molecule has 0 aliphatic heterocycles. The fourth-order valence-electron chi connectivity index (χ4n) is 2.22. The van der Waals surface area contributed by atoms with Gasteiger partial charge in [0.05, 0.1) is 5.25 Å². The fraction of sp³-hybridized carbons (Fsp3) is 0.471. The van der Waals surface area contributed by atoms with Crippen molar-refractivity contribution in [1.29, 1.82) is 0 Å². The van der Waals surface area contributed by atoms with Gasteiger partial charge in [0.15, 0.2) is 4.34 Å². The van der Waals surface area contributed by atoms with Gasteiger partial charge < -0.3 is 10.6 Å². The van der Waals surface area contributed by atoms with E-state index in [1.54, 1.807) is 0 Å². The second-order valence-electron chi connectivity index (χ2n) is 6.11. The number of carbonyl (C=O) groups is 1. The van der Waals surface area contributed by atoms with E-state index in [-0.39, 0.29) is 11.2 Å². The second kappa shape index (κ2) is 7.98. The number of hydrogen-bond acceptors (Lipinski definition) is 6. The molecule has 128 valence electrons. The smallest absolute Gasteiger partial charge is 0.233 e. The monoisotopic (exact) mass is 362 g/mol. The average Bonchev–Trinajstić information content (AvgIpc) is 3.31. The summed E-state index contributed by atoms with van der Waals surface area (Å²) in [6.45, 7) is 4.66. The standard InChI is InChI=1S/C17H22N4OS2/c1-11(13-6-4-3-5-7-13)10-18-15(22)12(2)23-17-21-20-16(24-17)19-14-8-9-14/h3-7,11-12,14H,8-10H2,1-2H3,(H,18,22)(H,19,20). The molecule has 2 aromatic rings. The number of benzene rings is 1. The highest BCUT2D eigenvalue weighted by Gasteiger charge is 2.23. The number of thioether (sulfide) groups is 1. The summed E-state index contributed by atoms with van der Waals surface area (Å²) in [5.41, 5.74) is 1.23. The summed E-state index contributed by atoms with van der Waals surface area (Å²) in [5.74, 6) is 0.331. The molecule has 3 rings (SSSR count). The SMILES string of the molecule is CC(Sc1nnc(NC2CC2)s1)C(=O)NCC(C)c1ccccc1. The molecular formula is C17H22N4OS2. The van der Waals surface area contributed by atoms with Crippen molar-refractivity contribution in [2.45, 2.75) is 48.2 Å². The molecule has 0 saturated heterocycles. The number of amides is 1. The Kier molecular flexibility index (Phi) is 5.73. The van der Waals surface area contributed by atoms with Gasteiger partial charge in [0.25, 0.3) is 0 Å². The molecule has 1 fully saturated rings. The molecule has 0 bridgehead atoms. The van der Waals surface area contributed by atoms with Crippen LogP contribution in [0.25, 0.3) is 0 Å². The van der Waals surface area contributed by atoms with E-state index in [0.717, 1.165) is 9.47 Å². The second-order valence-corrected chi connectivity index (χ2v) is 8.67. The topological polar surface area (TPSA) is 66.9 Å². The predicted molar refractivity (Wildman–Crippen MR) is 99.7 cm³/mol. The number of nitrogens with zero attached hydrogens (tertiary/aromatic N) is 2. The Labute approximate surface area is 150 Å². The molecule has 7 heteroatoms. The number of aromatic nitrogens is 2. The van der Waals surface area contributed by atoms with E-state index in [9.17, 15) is 4.79 Å². The maximum atomic E-state index is 12.3. The minimum absolute atomic E-state index is 0.0367. The van der Waals surface area contributed by atoms with Crippen molar-refractivity contribution in [3.63, 3.8) is 0 Å². The number of carbonyl (C=O) groups excluding carboxylic acids is 1. The third kappa shape index (κ3) is 4.95. The summed E-state index contributed by atoms with van der Waals surface area (Å²) in [4.78, 5) is 12.3. The van der Waals surface area contributed by atoms with Crippen LogP contribution in [0.15, 0.2) is 34.7 Å². The predicted octanol–water partition coefficient (Wildman–Crippen LogP) is 3.51. The molecule has 1 heterocycles. The van der Waals surface area contributed by atoms with Gasteiger partial charge in [-0.1, -0.05) is 60.4 Å². The minimum atomic E-state index is -0.185. The largest absolute Gasteiger partial charge is 0.357 e. The van der Waals surface area contributed by atoms with E-state index in [0.29, 0.717) is 18.5 Å². The normalized spacial score (nSPS) is 16.4. The van der Waals surface area contributed by atoms with Gasteiger partial charge in [0, 0.05) is 12.6 Å². The Bertz CT molecular complexity index is 672. The molecule has 2 unspecified atom stereocenters. The van der Waals surface area contributed by atoms with Gasteiger partial charge in [-0.05, 0) is 31.2 Å². The molecule has 5 nitrogen and oxygen atoms in total. The minimum Gasteiger partial charge on any atom is -0.357 e. The number of rotatable bonds is 8. The number of anilines is 1. The Morgan fingerprint density at radius 3 is 2.75 bits per heavy atom. The quantitative estimate of drug-likeness (QED) is 0.704. The van der Waals surface area contributed by atoms with Gasteiger partial charge in [-0.3, -0.25) is 4.79 Å². The van der Waals surface area contributed by atoms with Crippen LogP contribution < -0.4 is 10.6 Å². The van der Waals surface area contributed by atoms with Crippen molar-refractivity contribution in [3.05, 3.63) is 35.9 Å². The van der Waals surface area contributed by atoms with Crippen LogP contribution in [0.5, 0.6) is 0 Å². The van der Waals surface area contributed by atoms with Gasteiger partial charge in [-0.2, -0.15) is 0 Å². The van der Waals surface area contributed by atoms with Gasteiger partial charge >= 0.3 is 0 Å². The lowest BCUT2D eigenvalue weighted by molar-refractivity contribution is -0.120.